The third-order valence-electron chi connectivity index (χ3n) is 1.69. The normalized spacial score (nSPS) is 42.9. The molecule has 0 spiro atoms. The summed E-state index contributed by atoms with van der Waals surface area (Å²) in [4.78, 5) is 0. The first-order chi connectivity index (χ1) is 4.70. The Kier molecular flexibility index (Phi) is 2.62. The van der Waals surface area contributed by atoms with Gasteiger partial charge in [0.15, 0.2) is 0 Å². The van der Waals surface area contributed by atoms with Crippen LogP contribution in [0.5, 0.6) is 0 Å². The van der Waals surface area contributed by atoms with Crippen molar-refractivity contribution >= 4 is 0 Å². The van der Waals surface area contributed by atoms with Crippen molar-refractivity contribution in [3.8, 4) is 0 Å². The fourth-order valence-electron chi connectivity index (χ4n) is 1.05. The number of aliphatic hydroxyl groups excluding tert-OH is 3. The molecule has 0 amide bonds. The molecule has 60 valence electrons. The van der Waals surface area contributed by atoms with Crippen LogP contribution in [0.4, 0.5) is 0 Å². The molecule has 0 aliphatic carbocycles. The lowest BCUT2D eigenvalue weighted by Crippen LogP contribution is -2.32. The monoisotopic (exact) mass is 147 g/mol. The topological polar surface area (TPSA) is 72.7 Å². The van der Waals surface area contributed by atoms with Crippen molar-refractivity contribution in [2.75, 3.05) is 13.1 Å². The third-order valence-corrected chi connectivity index (χ3v) is 1.69. The van der Waals surface area contributed by atoms with Gasteiger partial charge < -0.3 is 20.6 Å². The summed E-state index contributed by atoms with van der Waals surface area (Å²) in [7, 11) is 0. The van der Waals surface area contributed by atoms with Gasteiger partial charge in [0.1, 0.15) is 0 Å². The molecule has 1 heterocycles. The van der Waals surface area contributed by atoms with Crippen LogP contribution >= 0.6 is 0 Å². The van der Waals surface area contributed by atoms with E-state index in [4.69, 9.17) is 15.3 Å². The number of hydrogen-bond acceptors (Lipinski definition) is 4. The van der Waals surface area contributed by atoms with Gasteiger partial charge in [0.25, 0.3) is 0 Å². The summed E-state index contributed by atoms with van der Waals surface area (Å²) >= 11 is 0. The molecule has 0 radical (unpaired) electrons. The molecule has 0 aromatic heterocycles. The molecule has 3 atom stereocenters. The molecule has 1 saturated heterocycles. The highest BCUT2D eigenvalue weighted by molar-refractivity contribution is 4.78. The van der Waals surface area contributed by atoms with E-state index in [0.717, 1.165) is 0 Å². The number of aliphatic hydroxyl groups is 3. The summed E-state index contributed by atoms with van der Waals surface area (Å²) in [5.74, 6) is 0. The minimum atomic E-state index is -0.787. The van der Waals surface area contributed by atoms with Crippen molar-refractivity contribution in [1.29, 1.82) is 0 Å². The molecule has 1 fully saturated rings. The molecule has 4 heteroatoms. The molecule has 1 aliphatic rings. The van der Waals surface area contributed by atoms with E-state index in [1.165, 1.54) is 0 Å². The van der Waals surface area contributed by atoms with E-state index in [9.17, 15) is 0 Å². The Morgan fingerprint density at radius 1 is 1.00 bits per heavy atom. The average molecular weight is 147 g/mol. The van der Waals surface area contributed by atoms with Gasteiger partial charge in [-0.25, -0.2) is 0 Å². The van der Waals surface area contributed by atoms with E-state index in [0.29, 0.717) is 13.1 Å². The van der Waals surface area contributed by atoms with Crippen molar-refractivity contribution in [2.24, 2.45) is 0 Å². The largest absolute Gasteiger partial charge is 0.392 e. The van der Waals surface area contributed by atoms with Crippen LogP contribution < -0.4 is 5.32 Å². The molecular weight excluding hydrogens is 134 g/mol. The second kappa shape index (κ2) is 3.30. The molecule has 0 unspecified atom stereocenters. The number of nitrogens with one attached hydrogen (secondary N) is 1. The van der Waals surface area contributed by atoms with Gasteiger partial charge >= 0.3 is 0 Å². The van der Waals surface area contributed by atoms with E-state index >= 15 is 0 Å². The Morgan fingerprint density at radius 2 is 1.70 bits per heavy atom. The summed E-state index contributed by atoms with van der Waals surface area (Å²) in [5, 5.41) is 30.0. The Hall–Kier alpha value is -0.160. The van der Waals surface area contributed by atoms with Crippen LogP contribution in [0.25, 0.3) is 0 Å². The molecule has 0 bridgehead atoms. The Bertz CT molecular complexity index is 109. The minimum Gasteiger partial charge on any atom is -0.392 e. The fourth-order valence-corrected chi connectivity index (χ4v) is 1.05. The maximum Gasteiger partial charge on any atom is 0.0924 e. The van der Waals surface area contributed by atoms with E-state index in [-0.39, 0.29) is 6.42 Å². The van der Waals surface area contributed by atoms with Crippen molar-refractivity contribution in [1.82, 2.24) is 5.32 Å². The molecule has 0 aromatic carbocycles. The second-order valence-electron chi connectivity index (χ2n) is 2.68. The Morgan fingerprint density at radius 3 is 2.40 bits per heavy atom. The SMILES string of the molecule is O[C@@H]1CNC[C@H](O)[C@@H](O)C1. The Labute approximate surface area is 59.5 Å². The predicted octanol–water partition coefficient (Wildman–Crippen LogP) is -1.94. The van der Waals surface area contributed by atoms with Crippen molar-refractivity contribution in [3.05, 3.63) is 0 Å². The molecule has 0 aromatic rings. The quantitative estimate of drug-likeness (QED) is 0.322. The van der Waals surface area contributed by atoms with Gasteiger partial charge in [-0.2, -0.15) is 0 Å². The van der Waals surface area contributed by atoms with Crippen LogP contribution in [0.15, 0.2) is 0 Å². The molecule has 10 heavy (non-hydrogen) atoms. The van der Waals surface area contributed by atoms with Crippen LogP contribution in [0, 0.1) is 0 Å². The average Bonchev–Trinajstić information content (AvgIpc) is 1.96. The van der Waals surface area contributed by atoms with Gasteiger partial charge in [0.05, 0.1) is 18.3 Å². The molecule has 0 saturated carbocycles. The summed E-state index contributed by atoms with van der Waals surface area (Å²) < 4.78 is 0. The molecule has 4 N–H and O–H groups in total. The van der Waals surface area contributed by atoms with E-state index < -0.39 is 18.3 Å². The van der Waals surface area contributed by atoms with Crippen molar-refractivity contribution in [3.63, 3.8) is 0 Å². The zero-order valence-corrected chi connectivity index (χ0v) is 5.70. The molecule has 1 aliphatic heterocycles. The summed E-state index contributed by atoms with van der Waals surface area (Å²) in [6, 6.07) is 0. The lowest BCUT2D eigenvalue weighted by Gasteiger charge is -2.13. The summed E-state index contributed by atoms with van der Waals surface area (Å²) in [6.07, 6.45) is -1.80. The second-order valence-corrected chi connectivity index (χ2v) is 2.68. The lowest BCUT2D eigenvalue weighted by atomic mass is 10.1. The molecule has 4 nitrogen and oxygen atoms in total. The summed E-state index contributed by atoms with van der Waals surface area (Å²) in [5.41, 5.74) is 0. The summed E-state index contributed by atoms with van der Waals surface area (Å²) in [6.45, 7) is 0.812. The lowest BCUT2D eigenvalue weighted by molar-refractivity contribution is 0.00544. The highest BCUT2D eigenvalue weighted by atomic mass is 16.3. The molecule has 1 rings (SSSR count). The van der Waals surface area contributed by atoms with Gasteiger partial charge in [-0.1, -0.05) is 0 Å². The highest BCUT2D eigenvalue weighted by Crippen LogP contribution is 2.05. The predicted molar refractivity (Wildman–Crippen MR) is 35.5 cm³/mol. The minimum absolute atomic E-state index is 0.258. The first kappa shape index (κ1) is 7.94. The maximum atomic E-state index is 9.08. The maximum absolute atomic E-state index is 9.08. The number of β-amino-alcohol motifs (C(OH)–C–C–N with tert-alkyl or cyclic N) is 2. The van der Waals surface area contributed by atoms with E-state index in [2.05, 4.69) is 5.32 Å². The van der Waals surface area contributed by atoms with Gasteiger partial charge in [-0.05, 0) is 0 Å². The molecular formula is C6H13NO3. The number of hydrogen-bond donors (Lipinski definition) is 4. The number of rotatable bonds is 0. The standard InChI is InChI=1S/C6H13NO3/c8-4-1-5(9)6(10)3-7-2-4/h4-10H,1-3H2/t4-,5-,6-/m0/s1. The first-order valence-electron chi connectivity index (χ1n) is 3.45. The van der Waals surface area contributed by atoms with Crippen LogP contribution in [-0.2, 0) is 0 Å². The van der Waals surface area contributed by atoms with E-state index in [1.807, 2.05) is 0 Å². The van der Waals surface area contributed by atoms with Gasteiger partial charge in [0.2, 0.25) is 0 Å². The van der Waals surface area contributed by atoms with Crippen molar-refractivity contribution in [2.45, 2.75) is 24.7 Å². The highest BCUT2D eigenvalue weighted by Gasteiger charge is 2.22. The van der Waals surface area contributed by atoms with Gasteiger partial charge in [-0.3, -0.25) is 0 Å². The Balaban J connectivity index is 2.41. The van der Waals surface area contributed by atoms with Crippen LogP contribution in [0.3, 0.4) is 0 Å². The van der Waals surface area contributed by atoms with Crippen LogP contribution in [0.1, 0.15) is 6.42 Å². The van der Waals surface area contributed by atoms with Gasteiger partial charge in [-0.15, -0.1) is 0 Å². The van der Waals surface area contributed by atoms with E-state index in [1.54, 1.807) is 0 Å². The zero-order valence-electron chi connectivity index (χ0n) is 5.70. The van der Waals surface area contributed by atoms with Crippen LogP contribution in [-0.4, -0.2) is 46.7 Å². The smallest absolute Gasteiger partial charge is 0.0924 e. The third kappa shape index (κ3) is 1.91. The zero-order chi connectivity index (χ0) is 7.56. The first-order valence-corrected chi connectivity index (χ1v) is 3.45. The van der Waals surface area contributed by atoms with Crippen molar-refractivity contribution < 1.29 is 15.3 Å². The van der Waals surface area contributed by atoms with Crippen LogP contribution in [0.2, 0.25) is 0 Å². The van der Waals surface area contributed by atoms with Gasteiger partial charge in [0, 0.05) is 19.5 Å². The fraction of sp³-hybridized carbons (Fsp3) is 1.00.